The second-order valence-corrected chi connectivity index (χ2v) is 5.49. The van der Waals surface area contributed by atoms with Gasteiger partial charge in [-0.2, -0.15) is 0 Å². The van der Waals surface area contributed by atoms with Crippen molar-refractivity contribution in [3.8, 4) is 17.2 Å². The molecule has 3 N–H and O–H groups in total. The number of hydrogen-bond donors (Lipinski definition) is 2. The Kier molecular flexibility index (Phi) is 9.44. The third-order valence-corrected chi connectivity index (χ3v) is 3.25. The molecule has 0 heterocycles. The molecule has 0 aromatic heterocycles. The lowest BCUT2D eigenvalue weighted by atomic mass is 10.0. The number of amides is 1. The van der Waals surface area contributed by atoms with Gasteiger partial charge in [-0.3, -0.25) is 4.79 Å². The number of nitrogens with one attached hydrogen (secondary N) is 1. The van der Waals surface area contributed by atoms with E-state index in [9.17, 15) is 4.79 Å². The van der Waals surface area contributed by atoms with E-state index < -0.39 is 6.04 Å². The van der Waals surface area contributed by atoms with E-state index in [1.54, 1.807) is 33.5 Å². The van der Waals surface area contributed by atoms with Gasteiger partial charge in [-0.25, -0.2) is 0 Å². The van der Waals surface area contributed by atoms with Crippen LogP contribution in [-0.2, 0) is 11.3 Å². The van der Waals surface area contributed by atoms with Gasteiger partial charge in [0.1, 0.15) is 0 Å². The van der Waals surface area contributed by atoms with Crippen molar-refractivity contribution in [2.75, 3.05) is 21.3 Å². The molecule has 0 aliphatic heterocycles. The average Bonchev–Trinajstić information content (AvgIpc) is 2.50. The van der Waals surface area contributed by atoms with Crippen LogP contribution in [0.4, 0.5) is 0 Å². The molecule has 0 spiro atoms. The van der Waals surface area contributed by atoms with Crippen LogP contribution in [0.1, 0.15) is 25.8 Å². The van der Waals surface area contributed by atoms with Crippen LogP contribution in [-0.4, -0.2) is 33.3 Å². The Morgan fingerprint density at radius 1 is 1.13 bits per heavy atom. The summed E-state index contributed by atoms with van der Waals surface area (Å²) >= 11 is 0. The molecule has 6 nitrogen and oxygen atoms in total. The lowest BCUT2D eigenvalue weighted by Gasteiger charge is -2.16. The topological polar surface area (TPSA) is 82.8 Å². The highest BCUT2D eigenvalue weighted by molar-refractivity contribution is 5.85. The van der Waals surface area contributed by atoms with Crippen molar-refractivity contribution < 1.29 is 19.0 Å². The number of carbonyl (C=O) groups excluding carboxylic acids is 1. The Balaban J connectivity index is 0.00000484. The van der Waals surface area contributed by atoms with Crippen molar-refractivity contribution >= 4 is 18.3 Å². The molecule has 0 unspecified atom stereocenters. The minimum absolute atomic E-state index is 0. The fourth-order valence-electron chi connectivity index (χ4n) is 2.17. The summed E-state index contributed by atoms with van der Waals surface area (Å²) in [6.45, 7) is 4.42. The van der Waals surface area contributed by atoms with Crippen LogP contribution < -0.4 is 25.3 Å². The number of ether oxygens (including phenoxy) is 3. The molecule has 1 amide bonds. The maximum absolute atomic E-state index is 12.0. The van der Waals surface area contributed by atoms with Gasteiger partial charge in [-0.05, 0) is 30.0 Å². The Morgan fingerprint density at radius 2 is 1.65 bits per heavy atom. The van der Waals surface area contributed by atoms with Gasteiger partial charge in [0.25, 0.3) is 0 Å². The van der Waals surface area contributed by atoms with Crippen LogP contribution in [0, 0.1) is 5.92 Å². The second kappa shape index (κ2) is 10.2. The second-order valence-electron chi connectivity index (χ2n) is 5.49. The lowest BCUT2D eigenvalue weighted by Crippen LogP contribution is -2.41. The van der Waals surface area contributed by atoms with Crippen molar-refractivity contribution in [2.24, 2.45) is 11.7 Å². The molecule has 1 aromatic carbocycles. The molecular formula is C16H27ClN2O4. The van der Waals surface area contributed by atoms with Crippen molar-refractivity contribution in [1.29, 1.82) is 0 Å². The zero-order valence-corrected chi connectivity index (χ0v) is 15.2. The largest absolute Gasteiger partial charge is 0.493 e. The molecule has 0 saturated heterocycles. The van der Waals surface area contributed by atoms with Gasteiger partial charge < -0.3 is 25.3 Å². The molecule has 7 heteroatoms. The molecule has 0 radical (unpaired) electrons. The first kappa shape index (κ1) is 21.3. The van der Waals surface area contributed by atoms with Crippen LogP contribution >= 0.6 is 12.4 Å². The fourth-order valence-corrected chi connectivity index (χ4v) is 2.17. The summed E-state index contributed by atoms with van der Waals surface area (Å²) in [5, 5.41) is 2.83. The quantitative estimate of drug-likeness (QED) is 0.753. The number of methoxy groups -OCH3 is 3. The first-order valence-electron chi connectivity index (χ1n) is 7.25. The van der Waals surface area contributed by atoms with Gasteiger partial charge >= 0.3 is 0 Å². The van der Waals surface area contributed by atoms with Crippen LogP contribution in [0.15, 0.2) is 12.1 Å². The van der Waals surface area contributed by atoms with E-state index in [-0.39, 0.29) is 18.3 Å². The molecule has 0 fully saturated rings. The van der Waals surface area contributed by atoms with Gasteiger partial charge in [0.05, 0.1) is 27.4 Å². The summed E-state index contributed by atoms with van der Waals surface area (Å²) in [7, 11) is 4.66. The standard InChI is InChI=1S/C16H26N2O4.ClH/c1-10(2)6-12(17)16(19)18-9-11-7-13(20-3)15(22-5)14(8-11)21-4;/h7-8,10,12H,6,9,17H2,1-5H3,(H,18,19);1H/t12-;/m0./s1. The minimum atomic E-state index is -0.498. The molecule has 0 aliphatic carbocycles. The molecule has 1 aromatic rings. The van der Waals surface area contributed by atoms with E-state index in [0.29, 0.717) is 36.1 Å². The van der Waals surface area contributed by atoms with Crippen molar-refractivity contribution in [3.05, 3.63) is 17.7 Å². The first-order valence-corrected chi connectivity index (χ1v) is 7.25. The Labute approximate surface area is 144 Å². The van der Waals surface area contributed by atoms with Gasteiger partial charge in [-0.15, -0.1) is 12.4 Å². The summed E-state index contributed by atoms with van der Waals surface area (Å²) in [6.07, 6.45) is 0.654. The molecule has 132 valence electrons. The van der Waals surface area contributed by atoms with E-state index in [1.807, 2.05) is 13.8 Å². The maximum Gasteiger partial charge on any atom is 0.237 e. The van der Waals surface area contributed by atoms with E-state index in [4.69, 9.17) is 19.9 Å². The van der Waals surface area contributed by atoms with E-state index >= 15 is 0 Å². The predicted molar refractivity (Wildman–Crippen MR) is 92.6 cm³/mol. The first-order chi connectivity index (χ1) is 10.4. The lowest BCUT2D eigenvalue weighted by molar-refractivity contribution is -0.122. The number of rotatable bonds is 8. The molecule has 1 atom stereocenters. The fraction of sp³-hybridized carbons (Fsp3) is 0.562. The Morgan fingerprint density at radius 3 is 2.04 bits per heavy atom. The summed E-state index contributed by atoms with van der Waals surface area (Å²) in [5.41, 5.74) is 6.71. The van der Waals surface area contributed by atoms with Gasteiger partial charge in [0.15, 0.2) is 11.5 Å². The molecule has 0 saturated carbocycles. The van der Waals surface area contributed by atoms with Crippen LogP contribution in [0.25, 0.3) is 0 Å². The van der Waals surface area contributed by atoms with E-state index in [2.05, 4.69) is 5.32 Å². The molecular weight excluding hydrogens is 320 g/mol. The highest BCUT2D eigenvalue weighted by atomic mass is 35.5. The normalized spacial score (nSPS) is 11.4. The maximum atomic E-state index is 12.0. The Hall–Kier alpha value is -1.66. The number of benzene rings is 1. The molecule has 1 rings (SSSR count). The molecule has 0 aliphatic rings. The van der Waals surface area contributed by atoms with Gasteiger partial charge in [-0.1, -0.05) is 13.8 Å². The van der Waals surface area contributed by atoms with Gasteiger partial charge in [0, 0.05) is 6.54 Å². The number of carbonyl (C=O) groups is 1. The third kappa shape index (κ3) is 6.15. The Bertz CT molecular complexity index is 484. The summed E-state index contributed by atoms with van der Waals surface area (Å²) < 4.78 is 15.8. The highest BCUT2D eigenvalue weighted by Crippen LogP contribution is 2.38. The predicted octanol–water partition coefficient (Wildman–Crippen LogP) is 2.12. The minimum Gasteiger partial charge on any atom is -0.493 e. The third-order valence-electron chi connectivity index (χ3n) is 3.25. The van der Waals surface area contributed by atoms with Crippen LogP contribution in [0.5, 0.6) is 17.2 Å². The van der Waals surface area contributed by atoms with E-state index in [0.717, 1.165) is 5.56 Å². The van der Waals surface area contributed by atoms with Gasteiger partial charge in [0.2, 0.25) is 11.7 Å². The zero-order valence-electron chi connectivity index (χ0n) is 14.3. The van der Waals surface area contributed by atoms with E-state index in [1.165, 1.54) is 0 Å². The van der Waals surface area contributed by atoms with Crippen molar-refractivity contribution in [2.45, 2.75) is 32.9 Å². The number of halogens is 1. The van der Waals surface area contributed by atoms with Crippen LogP contribution in [0.2, 0.25) is 0 Å². The zero-order chi connectivity index (χ0) is 16.7. The number of hydrogen-bond acceptors (Lipinski definition) is 5. The highest BCUT2D eigenvalue weighted by Gasteiger charge is 2.16. The average molecular weight is 347 g/mol. The summed E-state index contributed by atoms with van der Waals surface area (Å²) in [5.74, 6) is 1.84. The molecule has 0 bridgehead atoms. The SMILES string of the molecule is COc1cc(CNC(=O)[C@@H](N)CC(C)C)cc(OC)c1OC.Cl. The van der Waals surface area contributed by atoms with Crippen molar-refractivity contribution in [3.63, 3.8) is 0 Å². The monoisotopic (exact) mass is 346 g/mol. The van der Waals surface area contributed by atoms with Crippen LogP contribution in [0.3, 0.4) is 0 Å². The smallest absolute Gasteiger partial charge is 0.237 e. The summed E-state index contributed by atoms with van der Waals surface area (Å²) in [4.78, 5) is 12.0. The van der Waals surface area contributed by atoms with Crippen molar-refractivity contribution in [1.82, 2.24) is 5.32 Å². The summed E-state index contributed by atoms with van der Waals surface area (Å²) in [6, 6.07) is 3.10. The molecule has 23 heavy (non-hydrogen) atoms. The number of nitrogens with two attached hydrogens (primary N) is 1.